The van der Waals surface area contributed by atoms with Gasteiger partial charge in [-0.15, -0.1) is 0 Å². The Morgan fingerprint density at radius 2 is 2.03 bits per heavy atom. The van der Waals surface area contributed by atoms with Crippen LogP contribution in [0.1, 0.15) is 11.4 Å². The van der Waals surface area contributed by atoms with Crippen LogP contribution in [0.5, 0.6) is 5.88 Å². The zero-order chi connectivity index (χ0) is 22.8. The molecule has 0 fully saturated rings. The van der Waals surface area contributed by atoms with Crippen molar-refractivity contribution in [1.29, 1.82) is 0 Å². The quantitative estimate of drug-likeness (QED) is 0.432. The van der Waals surface area contributed by atoms with Crippen LogP contribution in [0.25, 0.3) is 22.7 Å². The second-order valence-corrected chi connectivity index (χ2v) is 7.36. The Labute approximate surface area is 188 Å². The molecule has 164 valence electrons. The van der Waals surface area contributed by atoms with E-state index in [2.05, 4.69) is 30.5 Å². The minimum atomic E-state index is -0.206. The van der Waals surface area contributed by atoms with Gasteiger partial charge in [0.15, 0.2) is 11.5 Å². The minimum absolute atomic E-state index is 0.0867. The molecule has 5 rings (SSSR count). The highest BCUT2D eigenvalue weighted by Crippen LogP contribution is 2.24. The van der Waals surface area contributed by atoms with Crippen molar-refractivity contribution < 1.29 is 9.53 Å². The van der Waals surface area contributed by atoms with Crippen LogP contribution in [0.2, 0.25) is 0 Å². The molecule has 1 N–H and O–H groups in total. The minimum Gasteiger partial charge on any atom is -0.481 e. The summed E-state index contributed by atoms with van der Waals surface area (Å²) in [5.41, 5.74) is 4.45. The number of nitrogens with zero attached hydrogens (tertiary/aromatic N) is 7. The molecule has 10 heteroatoms. The molecule has 0 radical (unpaired) electrons. The zero-order valence-electron chi connectivity index (χ0n) is 18.0. The number of aromatic nitrogens is 7. The second-order valence-electron chi connectivity index (χ2n) is 7.36. The van der Waals surface area contributed by atoms with Crippen molar-refractivity contribution in [2.24, 2.45) is 0 Å². The highest BCUT2D eigenvalue weighted by Gasteiger charge is 2.16. The summed E-state index contributed by atoms with van der Waals surface area (Å²) in [6.07, 6.45) is 5.01. The number of carbonyl (C=O) groups excluding carboxylic acids is 1. The molecule has 33 heavy (non-hydrogen) atoms. The number of amides is 1. The lowest BCUT2D eigenvalue weighted by Crippen LogP contribution is -2.15. The number of hydrogen-bond donors (Lipinski definition) is 1. The summed E-state index contributed by atoms with van der Waals surface area (Å²) in [6, 6.07) is 14.9. The van der Waals surface area contributed by atoms with E-state index < -0.39 is 0 Å². The molecular formula is C23H20N8O2. The van der Waals surface area contributed by atoms with Gasteiger partial charge in [-0.3, -0.25) is 4.79 Å². The number of ether oxygens (including phenoxy) is 1. The van der Waals surface area contributed by atoms with E-state index in [1.807, 2.05) is 49.5 Å². The van der Waals surface area contributed by atoms with Gasteiger partial charge < -0.3 is 10.1 Å². The fourth-order valence-electron chi connectivity index (χ4n) is 3.46. The first-order valence-corrected chi connectivity index (χ1v) is 10.2. The van der Waals surface area contributed by atoms with Crippen molar-refractivity contribution in [1.82, 2.24) is 34.3 Å². The van der Waals surface area contributed by atoms with Crippen LogP contribution in [0.4, 0.5) is 5.69 Å². The smallest absolute Gasteiger partial charge is 0.230 e. The van der Waals surface area contributed by atoms with Crippen LogP contribution in [0.15, 0.2) is 67.3 Å². The molecule has 1 amide bonds. The maximum Gasteiger partial charge on any atom is 0.230 e. The predicted octanol–water partition coefficient (Wildman–Crippen LogP) is 2.87. The number of pyridine rings is 3. The molecule has 0 aliphatic rings. The van der Waals surface area contributed by atoms with Crippen molar-refractivity contribution >= 4 is 17.2 Å². The van der Waals surface area contributed by atoms with Gasteiger partial charge in [-0.25, -0.2) is 24.1 Å². The fraction of sp³-hybridized carbons (Fsp3) is 0.130. The Kier molecular flexibility index (Phi) is 5.23. The lowest BCUT2D eigenvalue weighted by molar-refractivity contribution is -0.115. The van der Waals surface area contributed by atoms with E-state index >= 15 is 0 Å². The summed E-state index contributed by atoms with van der Waals surface area (Å²) in [5.74, 6) is 0.934. The largest absolute Gasteiger partial charge is 0.481 e. The summed E-state index contributed by atoms with van der Waals surface area (Å²) < 4.78 is 8.48. The summed E-state index contributed by atoms with van der Waals surface area (Å²) in [4.78, 5) is 25.6. The van der Waals surface area contributed by atoms with Crippen molar-refractivity contribution in [2.45, 2.75) is 13.3 Å². The molecule has 0 saturated carbocycles. The first-order chi connectivity index (χ1) is 16.1. The molecule has 0 unspecified atom stereocenters. The van der Waals surface area contributed by atoms with Crippen LogP contribution in [0, 0.1) is 6.92 Å². The van der Waals surface area contributed by atoms with Gasteiger partial charge in [-0.05, 0) is 43.3 Å². The third kappa shape index (κ3) is 4.26. The van der Waals surface area contributed by atoms with Gasteiger partial charge in [-0.2, -0.15) is 10.2 Å². The standard InChI is InChI=1S/C23H20N8O2/c1-15-4-3-5-21(27-15)31-19(16-6-8-20-25-14-26-30(20)13-16)10-18(29-31)11-22(32)28-17-7-9-23(33-2)24-12-17/h3-10,12-14H,11H2,1-2H3,(H,28,32). The number of anilines is 1. The van der Waals surface area contributed by atoms with Crippen molar-refractivity contribution in [3.05, 3.63) is 78.6 Å². The third-order valence-electron chi connectivity index (χ3n) is 4.99. The van der Waals surface area contributed by atoms with E-state index in [9.17, 15) is 4.79 Å². The Bertz CT molecular complexity index is 1440. The number of hydrogen-bond acceptors (Lipinski definition) is 7. The number of aryl methyl sites for hydroxylation is 1. The summed E-state index contributed by atoms with van der Waals surface area (Å²) in [5, 5.41) is 11.7. The topological polar surface area (TPSA) is 112 Å². The van der Waals surface area contributed by atoms with Crippen molar-refractivity contribution in [3.63, 3.8) is 0 Å². The molecule has 0 aromatic carbocycles. The summed E-state index contributed by atoms with van der Waals surface area (Å²) in [6.45, 7) is 1.92. The van der Waals surface area contributed by atoms with Gasteiger partial charge in [0.05, 0.1) is 36.8 Å². The molecule has 0 aliphatic carbocycles. The van der Waals surface area contributed by atoms with E-state index in [0.29, 0.717) is 23.1 Å². The number of rotatable bonds is 6. The van der Waals surface area contributed by atoms with Gasteiger partial charge in [0.2, 0.25) is 11.8 Å². The Morgan fingerprint density at radius 1 is 1.12 bits per heavy atom. The molecule has 0 saturated heterocycles. The molecular weight excluding hydrogens is 420 g/mol. The van der Waals surface area contributed by atoms with Gasteiger partial charge in [0.1, 0.15) is 6.33 Å². The van der Waals surface area contributed by atoms with Crippen LogP contribution in [0.3, 0.4) is 0 Å². The van der Waals surface area contributed by atoms with E-state index in [-0.39, 0.29) is 12.3 Å². The van der Waals surface area contributed by atoms with Crippen LogP contribution >= 0.6 is 0 Å². The number of fused-ring (bicyclic) bond motifs is 1. The Hall–Kier alpha value is -4.60. The predicted molar refractivity (Wildman–Crippen MR) is 121 cm³/mol. The Balaban J connectivity index is 1.47. The first-order valence-electron chi connectivity index (χ1n) is 10.2. The molecule has 0 aliphatic heterocycles. The first kappa shape index (κ1) is 20.3. The molecule has 0 atom stereocenters. The van der Waals surface area contributed by atoms with Gasteiger partial charge in [0.25, 0.3) is 0 Å². The van der Waals surface area contributed by atoms with E-state index in [1.165, 1.54) is 13.4 Å². The van der Waals surface area contributed by atoms with E-state index in [0.717, 1.165) is 22.6 Å². The highest BCUT2D eigenvalue weighted by atomic mass is 16.5. The number of methoxy groups -OCH3 is 1. The molecule has 5 aromatic rings. The van der Waals surface area contributed by atoms with Crippen LogP contribution < -0.4 is 10.1 Å². The van der Waals surface area contributed by atoms with Crippen LogP contribution in [-0.2, 0) is 11.2 Å². The number of carbonyl (C=O) groups is 1. The molecule has 5 aromatic heterocycles. The third-order valence-corrected chi connectivity index (χ3v) is 4.99. The summed E-state index contributed by atoms with van der Waals surface area (Å²) >= 11 is 0. The monoisotopic (exact) mass is 440 g/mol. The average Bonchev–Trinajstić information content (AvgIpc) is 3.46. The number of nitrogens with one attached hydrogen (secondary N) is 1. The van der Waals surface area contributed by atoms with Crippen molar-refractivity contribution in [3.8, 4) is 23.0 Å². The normalized spacial score (nSPS) is 11.0. The Morgan fingerprint density at radius 3 is 2.82 bits per heavy atom. The van der Waals surface area contributed by atoms with Gasteiger partial charge >= 0.3 is 0 Å². The molecule has 10 nitrogen and oxygen atoms in total. The maximum absolute atomic E-state index is 12.7. The van der Waals surface area contributed by atoms with Gasteiger partial charge in [0, 0.05) is 23.5 Å². The maximum atomic E-state index is 12.7. The van der Waals surface area contributed by atoms with E-state index in [4.69, 9.17) is 4.74 Å². The SMILES string of the molecule is COc1ccc(NC(=O)Cc2cc(-c3ccc4ncnn4c3)n(-c3cccc(C)n3)n2)cn1. The molecule has 0 spiro atoms. The van der Waals surface area contributed by atoms with Gasteiger partial charge in [-0.1, -0.05) is 6.07 Å². The van der Waals surface area contributed by atoms with Crippen LogP contribution in [-0.4, -0.2) is 47.4 Å². The van der Waals surface area contributed by atoms with E-state index in [1.54, 1.807) is 27.5 Å². The molecule has 5 heterocycles. The second kappa shape index (κ2) is 8.50. The van der Waals surface area contributed by atoms with Crippen molar-refractivity contribution in [2.75, 3.05) is 12.4 Å². The lowest BCUT2D eigenvalue weighted by Gasteiger charge is -2.07. The zero-order valence-corrected chi connectivity index (χ0v) is 18.0. The fourth-order valence-corrected chi connectivity index (χ4v) is 3.46. The average molecular weight is 440 g/mol. The molecule has 0 bridgehead atoms. The highest BCUT2D eigenvalue weighted by molar-refractivity contribution is 5.92. The summed E-state index contributed by atoms with van der Waals surface area (Å²) in [7, 11) is 1.54. The lowest BCUT2D eigenvalue weighted by atomic mass is 10.2.